The fourth-order valence-corrected chi connectivity index (χ4v) is 3.22. The van der Waals surface area contributed by atoms with Gasteiger partial charge in [0.05, 0.1) is 0 Å². The van der Waals surface area contributed by atoms with Gasteiger partial charge in [0.15, 0.2) is 0 Å². The molecule has 1 heterocycles. The van der Waals surface area contributed by atoms with Crippen LogP contribution in [0.3, 0.4) is 0 Å². The van der Waals surface area contributed by atoms with Gasteiger partial charge in [-0.05, 0) is 65.1 Å². The Kier molecular flexibility index (Phi) is 4.11. The molecule has 1 fully saturated rings. The van der Waals surface area contributed by atoms with E-state index < -0.39 is 0 Å². The molecule has 0 saturated carbocycles. The number of piperidine rings is 1. The normalized spacial score (nSPS) is 29.7. The van der Waals surface area contributed by atoms with Gasteiger partial charge in [-0.2, -0.15) is 0 Å². The first-order valence-electron chi connectivity index (χ1n) is 7.29. The van der Waals surface area contributed by atoms with Crippen LogP contribution in [-0.4, -0.2) is 23.5 Å². The van der Waals surface area contributed by atoms with Gasteiger partial charge in [0, 0.05) is 5.54 Å². The number of nitrogens with zero attached hydrogens (tertiary/aromatic N) is 1. The minimum absolute atomic E-state index is 0.263. The highest BCUT2D eigenvalue weighted by molar-refractivity contribution is 5.37. The molecule has 0 N–H and O–H groups in total. The molecular formula is C17H27N. The van der Waals surface area contributed by atoms with Crippen LogP contribution in [0.4, 0.5) is 0 Å². The SMILES string of the molecule is C=C(C)CC1=CCC(C)(N2CCCCC2)C(C)=C1. The van der Waals surface area contributed by atoms with E-state index >= 15 is 0 Å². The van der Waals surface area contributed by atoms with Crippen molar-refractivity contribution in [1.29, 1.82) is 0 Å². The van der Waals surface area contributed by atoms with Gasteiger partial charge >= 0.3 is 0 Å². The molecule has 1 heteroatoms. The van der Waals surface area contributed by atoms with Gasteiger partial charge in [-0.15, -0.1) is 0 Å². The monoisotopic (exact) mass is 245 g/mol. The highest BCUT2D eigenvalue weighted by Gasteiger charge is 2.34. The molecule has 1 saturated heterocycles. The molecule has 0 spiro atoms. The van der Waals surface area contributed by atoms with Crippen molar-refractivity contribution in [3.8, 4) is 0 Å². The Morgan fingerprint density at radius 2 is 2.00 bits per heavy atom. The lowest BCUT2D eigenvalue weighted by Gasteiger charge is -2.45. The Morgan fingerprint density at radius 3 is 2.56 bits per heavy atom. The smallest absolute Gasteiger partial charge is 0.0427 e. The highest BCUT2D eigenvalue weighted by atomic mass is 15.2. The van der Waals surface area contributed by atoms with Crippen LogP contribution in [0.1, 0.15) is 52.9 Å². The maximum Gasteiger partial charge on any atom is 0.0427 e. The first-order valence-corrected chi connectivity index (χ1v) is 7.29. The molecular weight excluding hydrogens is 218 g/mol. The van der Waals surface area contributed by atoms with E-state index in [9.17, 15) is 0 Å². The molecule has 0 amide bonds. The quantitative estimate of drug-likeness (QED) is 0.663. The van der Waals surface area contributed by atoms with Crippen molar-refractivity contribution in [2.45, 2.75) is 58.4 Å². The molecule has 1 aliphatic carbocycles. The van der Waals surface area contributed by atoms with E-state index in [0.717, 1.165) is 12.8 Å². The predicted octanol–water partition coefficient (Wildman–Crippen LogP) is 4.47. The lowest BCUT2D eigenvalue weighted by molar-refractivity contribution is 0.110. The average Bonchev–Trinajstić information content (AvgIpc) is 2.34. The Bertz CT molecular complexity index is 382. The van der Waals surface area contributed by atoms with Gasteiger partial charge in [-0.1, -0.05) is 36.3 Å². The van der Waals surface area contributed by atoms with Crippen LogP contribution in [0.25, 0.3) is 0 Å². The van der Waals surface area contributed by atoms with Crippen molar-refractivity contribution in [1.82, 2.24) is 4.90 Å². The van der Waals surface area contributed by atoms with Crippen LogP contribution < -0.4 is 0 Å². The molecule has 1 nitrogen and oxygen atoms in total. The van der Waals surface area contributed by atoms with E-state index in [1.54, 1.807) is 0 Å². The van der Waals surface area contributed by atoms with Gasteiger partial charge in [-0.25, -0.2) is 0 Å². The minimum Gasteiger partial charge on any atom is -0.294 e. The lowest BCUT2D eigenvalue weighted by Crippen LogP contribution is -2.50. The summed E-state index contributed by atoms with van der Waals surface area (Å²) in [5.74, 6) is 0. The number of hydrogen-bond acceptors (Lipinski definition) is 1. The topological polar surface area (TPSA) is 3.24 Å². The van der Waals surface area contributed by atoms with Crippen molar-refractivity contribution in [3.05, 3.63) is 35.5 Å². The number of likely N-dealkylation sites (tertiary alicyclic amines) is 1. The van der Waals surface area contributed by atoms with E-state index in [-0.39, 0.29) is 5.54 Å². The first kappa shape index (κ1) is 13.6. The summed E-state index contributed by atoms with van der Waals surface area (Å²) in [6, 6.07) is 0. The summed E-state index contributed by atoms with van der Waals surface area (Å²) in [6.45, 7) is 13.4. The van der Waals surface area contributed by atoms with Crippen LogP contribution in [0.5, 0.6) is 0 Å². The molecule has 2 aliphatic rings. The summed E-state index contributed by atoms with van der Waals surface area (Å²) in [5.41, 5.74) is 4.50. The summed E-state index contributed by atoms with van der Waals surface area (Å²) < 4.78 is 0. The molecule has 2 rings (SSSR count). The molecule has 0 bridgehead atoms. The minimum atomic E-state index is 0.263. The van der Waals surface area contributed by atoms with Crippen molar-refractivity contribution in [2.24, 2.45) is 0 Å². The summed E-state index contributed by atoms with van der Waals surface area (Å²) in [7, 11) is 0. The van der Waals surface area contributed by atoms with Crippen molar-refractivity contribution in [3.63, 3.8) is 0 Å². The molecule has 18 heavy (non-hydrogen) atoms. The summed E-state index contributed by atoms with van der Waals surface area (Å²) in [5, 5.41) is 0. The molecule has 1 aliphatic heterocycles. The third-order valence-electron chi connectivity index (χ3n) is 4.57. The van der Waals surface area contributed by atoms with Crippen LogP contribution in [0.15, 0.2) is 35.5 Å². The summed E-state index contributed by atoms with van der Waals surface area (Å²) in [4.78, 5) is 2.69. The number of allylic oxidation sites excluding steroid dienone is 3. The maximum atomic E-state index is 4.02. The fourth-order valence-electron chi connectivity index (χ4n) is 3.22. The molecule has 0 aromatic carbocycles. The first-order chi connectivity index (χ1) is 8.52. The van der Waals surface area contributed by atoms with Crippen molar-refractivity contribution < 1.29 is 0 Å². The van der Waals surface area contributed by atoms with Crippen LogP contribution >= 0.6 is 0 Å². The maximum absolute atomic E-state index is 4.02. The van der Waals surface area contributed by atoms with Crippen molar-refractivity contribution >= 4 is 0 Å². The van der Waals surface area contributed by atoms with E-state index in [1.807, 2.05) is 0 Å². The Morgan fingerprint density at radius 1 is 1.33 bits per heavy atom. The standard InChI is InChI=1S/C17H27N/c1-14(2)12-16-8-9-17(4,15(3)13-16)18-10-6-5-7-11-18/h8,13H,1,5-7,9-12H2,2-4H3. The summed E-state index contributed by atoms with van der Waals surface area (Å²) in [6.07, 6.45) is 11.2. The van der Waals surface area contributed by atoms with Gasteiger partial charge in [-0.3, -0.25) is 4.90 Å². The van der Waals surface area contributed by atoms with Gasteiger partial charge in [0.25, 0.3) is 0 Å². The van der Waals surface area contributed by atoms with E-state index in [2.05, 4.69) is 44.4 Å². The third-order valence-corrected chi connectivity index (χ3v) is 4.57. The van der Waals surface area contributed by atoms with Gasteiger partial charge in [0.1, 0.15) is 0 Å². The highest BCUT2D eigenvalue weighted by Crippen LogP contribution is 2.36. The summed E-state index contributed by atoms with van der Waals surface area (Å²) >= 11 is 0. The second-order valence-corrected chi connectivity index (χ2v) is 6.27. The van der Waals surface area contributed by atoms with Gasteiger partial charge < -0.3 is 0 Å². The third kappa shape index (κ3) is 2.77. The number of rotatable bonds is 3. The molecule has 100 valence electrons. The predicted molar refractivity (Wildman–Crippen MR) is 79.7 cm³/mol. The Labute approximate surface area is 112 Å². The van der Waals surface area contributed by atoms with Crippen LogP contribution in [-0.2, 0) is 0 Å². The second-order valence-electron chi connectivity index (χ2n) is 6.27. The second kappa shape index (κ2) is 5.44. The molecule has 1 unspecified atom stereocenters. The lowest BCUT2D eigenvalue weighted by atomic mass is 9.80. The molecule has 0 radical (unpaired) electrons. The zero-order valence-corrected chi connectivity index (χ0v) is 12.3. The molecule has 0 aromatic rings. The number of hydrogen-bond donors (Lipinski definition) is 0. The average molecular weight is 245 g/mol. The zero-order valence-electron chi connectivity index (χ0n) is 12.3. The zero-order chi connectivity index (χ0) is 13.2. The Balaban J connectivity index is 2.10. The molecule has 1 atom stereocenters. The van der Waals surface area contributed by atoms with E-state index in [4.69, 9.17) is 0 Å². The largest absolute Gasteiger partial charge is 0.294 e. The van der Waals surface area contributed by atoms with E-state index in [1.165, 1.54) is 49.1 Å². The van der Waals surface area contributed by atoms with Crippen LogP contribution in [0, 0.1) is 0 Å². The molecule has 0 aromatic heterocycles. The van der Waals surface area contributed by atoms with Gasteiger partial charge in [0.2, 0.25) is 0 Å². The van der Waals surface area contributed by atoms with E-state index in [0.29, 0.717) is 0 Å². The fraction of sp³-hybridized carbons (Fsp3) is 0.647. The van der Waals surface area contributed by atoms with Crippen molar-refractivity contribution in [2.75, 3.05) is 13.1 Å². The van der Waals surface area contributed by atoms with Crippen LogP contribution in [0.2, 0.25) is 0 Å². The Hall–Kier alpha value is -0.820.